The van der Waals surface area contributed by atoms with E-state index >= 15 is 0 Å². The number of morpholine rings is 1. The lowest BCUT2D eigenvalue weighted by Gasteiger charge is -2.36. The Morgan fingerprint density at radius 1 is 1.13 bits per heavy atom. The summed E-state index contributed by atoms with van der Waals surface area (Å²) >= 11 is 0. The van der Waals surface area contributed by atoms with Crippen molar-refractivity contribution < 1.29 is 26.3 Å². The first-order valence-electron chi connectivity index (χ1n) is 8.06. The lowest BCUT2D eigenvalue weighted by atomic mass is 9.79. The van der Waals surface area contributed by atoms with Gasteiger partial charge >= 0.3 is 6.18 Å². The number of halogens is 3. The van der Waals surface area contributed by atoms with Crippen LogP contribution in [0.3, 0.4) is 0 Å². The number of hydrogen-bond donors (Lipinski definition) is 1. The molecule has 0 radical (unpaired) electrons. The first kappa shape index (κ1) is 19.0. The summed E-state index contributed by atoms with van der Waals surface area (Å²) in [7, 11) is -3.78. The molecule has 0 amide bonds. The number of nitrogens with zero attached hydrogens (tertiary/aromatic N) is 1. The van der Waals surface area contributed by atoms with Crippen molar-refractivity contribution >= 4 is 10.2 Å². The van der Waals surface area contributed by atoms with Crippen molar-refractivity contribution in [1.29, 1.82) is 0 Å². The SMILES string of the molecule is C[C@@H]1CN(S(=O)(=O)NC[C@@H]2CCCC[C@H]2C(F)(F)F)C[C@@H](C)O1. The summed E-state index contributed by atoms with van der Waals surface area (Å²) in [5.41, 5.74) is 0. The quantitative estimate of drug-likeness (QED) is 0.839. The third-order valence-corrected chi connectivity index (χ3v) is 6.09. The fourth-order valence-electron chi connectivity index (χ4n) is 3.51. The third-order valence-electron chi connectivity index (χ3n) is 4.58. The van der Waals surface area contributed by atoms with Crippen LogP contribution in [0.15, 0.2) is 0 Å². The zero-order valence-electron chi connectivity index (χ0n) is 13.5. The van der Waals surface area contributed by atoms with Crippen molar-refractivity contribution in [3.8, 4) is 0 Å². The minimum absolute atomic E-state index is 0.0848. The first-order valence-corrected chi connectivity index (χ1v) is 9.50. The van der Waals surface area contributed by atoms with Gasteiger partial charge in [0.2, 0.25) is 0 Å². The molecular weight excluding hydrogens is 333 g/mol. The molecule has 9 heteroatoms. The lowest BCUT2D eigenvalue weighted by Crippen LogP contribution is -2.53. The standard InChI is InChI=1S/C14H25F3N2O3S/c1-10-8-19(9-11(2)22-10)23(20,21)18-7-12-5-3-4-6-13(12)14(15,16)17/h10-13,18H,3-9H2,1-2H3/t10-,11-,12+,13-/m1/s1. The normalized spacial score (nSPS) is 34.5. The van der Waals surface area contributed by atoms with Gasteiger partial charge in [-0.25, -0.2) is 4.72 Å². The summed E-state index contributed by atoms with van der Waals surface area (Å²) < 4.78 is 73.0. The molecule has 0 aromatic heterocycles. The molecule has 5 nitrogen and oxygen atoms in total. The summed E-state index contributed by atoms with van der Waals surface area (Å²) in [4.78, 5) is 0. The van der Waals surface area contributed by atoms with E-state index in [0.29, 0.717) is 19.3 Å². The summed E-state index contributed by atoms with van der Waals surface area (Å²) in [5, 5.41) is 0. The second-order valence-electron chi connectivity index (χ2n) is 6.62. The summed E-state index contributed by atoms with van der Waals surface area (Å²) in [6, 6.07) is 0. The van der Waals surface area contributed by atoms with Gasteiger partial charge in [0.05, 0.1) is 18.1 Å². The number of ether oxygens (including phenoxy) is 1. The van der Waals surface area contributed by atoms with Crippen LogP contribution in [0, 0.1) is 11.8 Å². The van der Waals surface area contributed by atoms with Crippen LogP contribution in [0.4, 0.5) is 13.2 Å². The molecule has 1 saturated heterocycles. The van der Waals surface area contributed by atoms with E-state index in [4.69, 9.17) is 4.74 Å². The Morgan fingerprint density at radius 2 is 1.70 bits per heavy atom. The number of rotatable bonds is 4. The maximum absolute atomic E-state index is 13.1. The van der Waals surface area contributed by atoms with E-state index in [9.17, 15) is 21.6 Å². The van der Waals surface area contributed by atoms with Gasteiger partial charge in [0.1, 0.15) is 0 Å². The van der Waals surface area contributed by atoms with Crippen LogP contribution in [-0.2, 0) is 14.9 Å². The average molecular weight is 358 g/mol. The Hall–Kier alpha value is -0.380. The summed E-state index contributed by atoms with van der Waals surface area (Å²) in [6.07, 6.45) is -2.97. The molecular formula is C14H25F3N2O3S. The lowest BCUT2D eigenvalue weighted by molar-refractivity contribution is -0.195. The zero-order valence-corrected chi connectivity index (χ0v) is 14.3. The topological polar surface area (TPSA) is 58.6 Å². The minimum atomic E-state index is -4.27. The van der Waals surface area contributed by atoms with Gasteiger partial charge < -0.3 is 4.74 Å². The Kier molecular flexibility index (Phi) is 5.97. The van der Waals surface area contributed by atoms with Gasteiger partial charge in [-0.3, -0.25) is 0 Å². The number of nitrogens with one attached hydrogen (secondary N) is 1. The smallest absolute Gasteiger partial charge is 0.373 e. The Balaban J connectivity index is 1.97. The maximum atomic E-state index is 13.1. The fourth-order valence-corrected chi connectivity index (χ4v) is 4.93. The highest BCUT2D eigenvalue weighted by Gasteiger charge is 2.45. The molecule has 0 unspecified atom stereocenters. The monoisotopic (exact) mass is 358 g/mol. The van der Waals surface area contributed by atoms with Crippen molar-refractivity contribution in [2.45, 2.75) is 57.9 Å². The number of hydrogen-bond acceptors (Lipinski definition) is 3. The second kappa shape index (κ2) is 7.25. The molecule has 1 heterocycles. The van der Waals surface area contributed by atoms with E-state index in [0.717, 1.165) is 0 Å². The maximum Gasteiger partial charge on any atom is 0.392 e. The molecule has 2 fully saturated rings. The third kappa shape index (κ3) is 5.04. The molecule has 1 aliphatic heterocycles. The Bertz CT molecular complexity index is 488. The summed E-state index contributed by atoms with van der Waals surface area (Å²) in [5.74, 6) is -2.10. The predicted octanol–water partition coefficient (Wildman–Crippen LogP) is 2.30. The Morgan fingerprint density at radius 3 is 2.26 bits per heavy atom. The highest BCUT2D eigenvalue weighted by Crippen LogP contribution is 2.41. The van der Waals surface area contributed by atoms with Crippen LogP contribution in [0.2, 0.25) is 0 Å². The largest absolute Gasteiger partial charge is 0.392 e. The molecule has 0 spiro atoms. The van der Waals surface area contributed by atoms with Crippen LogP contribution in [0.5, 0.6) is 0 Å². The average Bonchev–Trinajstić information content (AvgIpc) is 2.43. The van der Waals surface area contributed by atoms with Crippen LogP contribution in [-0.4, -0.2) is 50.7 Å². The molecule has 136 valence electrons. The molecule has 2 aliphatic rings. The molecule has 4 atom stereocenters. The van der Waals surface area contributed by atoms with Crippen molar-refractivity contribution in [3.63, 3.8) is 0 Å². The molecule has 2 rings (SSSR count). The second-order valence-corrected chi connectivity index (χ2v) is 8.38. The van der Waals surface area contributed by atoms with E-state index in [2.05, 4.69) is 4.72 Å². The van der Waals surface area contributed by atoms with Gasteiger partial charge in [-0.1, -0.05) is 12.8 Å². The van der Waals surface area contributed by atoms with Crippen molar-refractivity contribution in [2.24, 2.45) is 11.8 Å². The van der Waals surface area contributed by atoms with Gasteiger partial charge in [-0.05, 0) is 32.6 Å². The van der Waals surface area contributed by atoms with Crippen molar-refractivity contribution in [2.75, 3.05) is 19.6 Å². The van der Waals surface area contributed by atoms with Crippen molar-refractivity contribution in [1.82, 2.24) is 9.03 Å². The van der Waals surface area contributed by atoms with E-state index in [1.165, 1.54) is 4.31 Å². The van der Waals surface area contributed by atoms with Crippen LogP contribution < -0.4 is 4.72 Å². The molecule has 1 saturated carbocycles. The number of alkyl halides is 3. The van der Waals surface area contributed by atoms with Crippen molar-refractivity contribution in [3.05, 3.63) is 0 Å². The molecule has 0 aromatic rings. The van der Waals surface area contributed by atoms with E-state index in [1.54, 1.807) is 13.8 Å². The molecule has 0 aromatic carbocycles. The van der Waals surface area contributed by atoms with Gasteiger partial charge in [0, 0.05) is 19.6 Å². The van der Waals surface area contributed by atoms with Gasteiger partial charge in [-0.2, -0.15) is 25.9 Å². The van der Waals surface area contributed by atoms with Gasteiger partial charge in [0.25, 0.3) is 10.2 Å². The van der Waals surface area contributed by atoms with E-state index < -0.39 is 28.2 Å². The molecule has 0 bridgehead atoms. The highest BCUT2D eigenvalue weighted by molar-refractivity contribution is 7.87. The predicted molar refractivity (Wildman–Crippen MR) is 80.0 cm³/mol. The van der Waals surface area contributed by atoms with E-state index in [-0.39, 0.29) is 38.3 Å². The molecule has 23 heavy (non-hydrogen) atoms. The fraction of sp³-hybridized carbons (Fsp3) is 1.00. The molecule has 1 aliphatic carbocycles. The van der Waals surface area contributed by atoms with Gasteiger partial charge in [-0.15, -0.1) is 0 Å². The Labute approximate surface area is 135 Å². The van der Waals surface area contributed by atoms with Crippen LogP contribution in [0.25, 0.3) is 0 Å². The minimum Gasteiger partial charge on any atom is -0.373 e. The van der Waals surface area contributed by atoms with Gasteiger partial charge in [0.15, 0.2) is 0 Å². The zero-order chi connectivity index (χ0) is 17.3. The van der Waals surface area contributed by atoms with Crippen LogP contribution >= 0.6 is 0 Å². The van der Waals surface area contributed by atoms with Crippen LogP contribution in [0.1, 0.15) is 39.5 Å². The van der Waals surface area contributed by atoms with E-state index in [1.807, 2.05) is 0 Å². The summed E-state index contributed by atoms with van der Waals surface area (Å²) in [6.45, 7) is 3.82. The first-order chi connectivity index (χ1) is 10.6. The molecule has 1 N–H and O–H groups in total. The highest BCUT2D eigenvalue weighted by atomic mass is 32.2.